The monoisotopic (exact) mass is 280 g/mol. The zero-order valence-corrected chi connectivity index (χ0v) is 11.8. The van der Waals surface area contributed by atoms with Gasteiger partial charge in [0.15, 0.2) is 11.6 Å². The summed E-state index contributed by atoms with van der Waals surface area (Å²) >= 11 is 0. The number of fused-ring (bicyclic) bond motifs is 1. The Labute approximate surface area is 117 Å². The summed E-state index contributed by atoms with van der Waals surface area (Å²) in [6, 6.07) is 0. The standard InChI is InChI=1S/C15H20O5/c1-13(5-4-12(17)18)10-7-19-14(2)8-15(10,9-20-14)6-3-11(13)16/h3,6,10H,4-5,7-9H2,1-2H3,(H,17,18)/t10?,13?,14?,15-/m1/s1. The third kappa shape index (κ3) is 1.84. The summed E-state index contributed by atoms with van der Waals surface area (Å²) in [6.45, 7) is 4.79. The maximum Gasteiger partial charge on any atom is 0.303 e. The molecule has 0 aromatic rings. The van der Waals surface area contributed by atoms with E-state index in [2.05, 4.69) is 0 Å². The highest BCUT2D eigenvalue weighted by Gasteiger charge is 2.62. The fourth-order valence-electron chi connectivity index (χ4n) is 4.04. The van der Waals surface area contributed by atoms with Gasteiger partial charge in [-0.15, -0.1) is 0 Å². The van der Waals surface area contributed by atoms with Gasteiger partial charge in [-0.25, -0.2) is 0 Å². The molecule has 2 fully saturated rings. The number of hydrogen-bond donors (Lipinski definition) is 1. The van der Waals surface area contributed by atoms with Crippen molar-refractivity contribution in [1.29, 1.82) is 0 Å². The minimum absolute atomic E-state index is 0.000779. The summed E-state index contributed by atoms with van der Waals surface area (Å²) in [5.74, 6) is -1.43. The van der Waals surface area contributed by atoms with E-state index in [1.165, 1.54) is 0 Å². The van der Waals surface area contributed by atoms with Crippen molar-refractivity contribution in [3.63, 3.8) is 0 Å². The van der Waals surface area contributed by atoms with E-state index in [1.54, 1.807) is 6.08 Å². The second-order valence-corrected chi connectivity index (χ2v) is 6.70. The van der Waals surface area contributed by atoms with Crippen LogP contribution in [0.25, 0.3) is 0 Å². The zero-order chi connectivity index (χ0) is 14.6. The molecule has 2 saturated heterocycles. The molecule has 5 heteroatoms. The lowest BCUT2D eigenvalue weighted by molar-refractivity contribution is -0.219. The summed E-state index contributed by atoms with van der Waals surface area (Å²) in [7, 11) is 0. The lowest BCUT2D eigenvalue weighted by Gasteiger charge is -2.50. The van der Waals surface area contributed by atoms with Crippen molar-refractivity contribution in [2.45, 2.75) is 38.9 Å². The molecule has 1 aliphatic carbocycles. The number of hydrogen-bond acceptors (Lipinski definition) is 4. The normalized spacial score (nSPS) is 46.3. The summed E-state index contributed by atoms with van der Waals surface area (Å²) in [6.07, 6.45) is 4.67. The average Bonchev–Trinajstić information content (AvgIpc) is 2.64. The van der Waals surface area contributed by atoms with Crippen LogP contribution in [0.5, 0.6) is 0 Å². The van der Waals surface area contributed by atoms with Crippen LogP contribution < -0.4 is 0 Å². The van der Waals surface area contributed by atoms with Gasteiger partial charge >= 0.3 is 5.97 Å². The quantitative estimate of drug-likeness (QED) is 0.853. The van der Waals surface area contributed by atoms with Crippen LogP contribution in [0.2, 0.25) is 0 Å². The maximum absolute atomic E-state index is 12.4. The van der Waals surface area contributed by atoms with Gasteiger partial charge in [0.05, 0.1) is 13.2 Å². The molecule has 0 amide bonds. The molecule has 0 saturated carbocycles. The van der Waals surface area contributed by atoms with E-state index in [1.807, 2.05) is 19.9 Å². The second kappa shape index (κ2) is 4.15. The zero-order valence-electron chi connectivity index (χ0n) is 11.8. The van der Waals surface area contributed by atoms with Crippen LogP contribution in [0.1, 0.15) is 33.1 Å². The fraction of sp³-hybridized carbons (Fsp3) is 0.733. The van der Waals surface area contributed by atoms with Crippen molar-refractivity contribution in [1.82, 2.24) is 0 Å². The van der Waals surface area contributed by atoms with E-state index in [-0.39, 0.29) is 23.5 Å². The maximum atomic E-state index is 12.4. The molecule has 2 bridgehead atoms. The number of carbonyl (C=O) groups is 2. The van der Waals surface area contributed by atoms with Gasteiger partial charge in [-0.1, -0.05) is 13.0 Å². The summed E-state index contributed by atoms with van der Waals surface area (Å²) in [4.78, 5) is 23.2. The first-order valence-corrected chi connectivity index (χ1v) is 7.03. The van der Waals surface area contributed by atoms with Crippen molar-refractivity contribution in [2.24, 2.45) is 16.7 Å². The van der Waals surface area contributed by atoms with Crippen molar-refractivity contribution in [3.05, 3.63) is 12.2 Å². The highest BCUT2D eigenvalue weighted by Crippen LogP contribution is 2.59. The van der Waals surface area contributed by atoms with E-state index < -0.39 is 17.2 Å². The number of carbonyl (C=O) groups excluding carboxylic acids is 1. The van der Waals surface area contributed by atoms with Gasteiger partial charge in [0, 0.05) is 29.6 Å². The van der Waals surface area contributed by atoms with E-state index in [4.69, 9.17) is 14.6 Å². The Morgan fingerprint density at radius 1 is 1.45 bits per heavy atom. The number of aliphatic carboxylic acids is 1. The number of rotatable bonds is 3. The molecule has 3 unspecified atom stereocenters. The molecule has 110 valence electrons. The van der Waals surface area contributed by atoms with Gasteiger partial charge in [0.1, 0.15) is 0 Å². The minimum atomic E-state index is -0.869. The van der Waals surface area contributed by atoms with E-state index in [0.717, 1.165) is 6.42 Å². The van der Waals surface area contributed by atoms with Crippen molar-refractivity contribution in [3.8, 4) is 0 Å². The molecule has 1 N–H and O–H groups in total. The topological polar surface area (TPSA) is 72.8 Å². The molecule has 0 aromatic heterocycles. The van der Waals surface area contributed by atoms with Crippen LogP contribution in [0.15, 0.2) is 12.2 Å². The van der Waals surface area contributed by atoms with Gasteiger partial charge < -0.3 is 14.6 Å². The molecule has 4 atom stereocenters. The van der Waals surface area contributed by atoms with Crippen LogP contribution >= 0.6 is 0 Å². The molecular weight excluding hydrogens is 260 g/mol. The molecule has 2 heterocycles. The van der Waals surface area contributed by atoms with Gasteiger partial charge in [-0.3, -0.25) is 9.59 Å². The molecule has 20 heavy (non-hydrogen) atoms. The molecule has 0 radical (unpaired) electrons. The predicted octanol–water partition coefficient (Wildman–Crippen LogP) is 1.77. The molecular formula is C15H20O5. The SMILES string of the molecule is CC12C[C@]3(C=CC(=O)C(C)(CCC(=O)O)C3CO1)CO2. The van der Waals surface area contributed by atoms with Crippen LogP contribution in [-0.4, -0.2) is 35.9 Å². The highest BCUT2D eigenvalue weighted by molar-refractivity contribution is 5.96. The average molecular weight is 280 g/mol. The molecule has 3 aliphatic rings. The smallest absolute Gasteiger partial charge is 0.303 e. The van der Waals surface area contributed by atoms with Gasteiger partial charge in [-0.05, 0) is 19.4 Å². The van der Waals surface area contributed by atoms with Gasteiger partial charge in [-0.2, -0.15) is 0 Å². The summed E-state index contributed by atoms with van der Waals surface area (Å²) in [5.41, 5.74) is -0.865. The number of carboxylic acid groups (broad SMARTS) is 1. The summed E-state index contributed by atoms with van der Waals surface area (Å²) in [5, 5.41) is 8.93. The lowest BCUT2D eigenvalue weighted by Crippen LogP contribution is -2.54. The first-order chi connectivity index (χ1) is 9.30. The Bertz CT molecular complexity index is 498. The van der Waals surface area contributed by atoms with E-state index in [0.29, 0.717) is 19.6 Å². The number of ketones is 1. The highest BCUT2D eigenvalue weighted by atomic mass is 16.7. The molecule has 1 spiro atoms. The van der Waals surface area contributed by atoms with Crippen LogP contribution in [-0.2, 0) is 19.1 Å². The minimum Gasteiger partial charge on any atom is -0.481 e. The lowest BCUT2D eigenvalue weighted by atomic mass is 9.55. The van der Waals surface area contributed by atoms with Crippen molar-refractivity contribution in [2.75, 3.05) is 13.2 Å². The first kappa shape index (κ1) is 13.8. The van der Waals surface area contributed by atoms with Crippen molar-refractivity contribution < 1.29 is 24.2 Å². The van der Waals surface area contributed by atoms with E-state index >= 15 is 0 Å². The number of allylic oxidation sites excluding steroid dienone is 1. The van der Waals surface area contributed by atoms with Crippen molar-refractivity contribution >= 4 is 11.8 Å². The number of ether oxygens (including phenoxy) is 2. The Balaban J connectivity index is 1.94. The Kier molecular flexibility index (Phi) is 2.86. The summed E-state index contributed by atoms with van der Waals surface area (Å²) < 4.78 is 11.6. The molecule has 5 nitrogen and oxygen atoms in total. The third-order valence-corrected chi connectivity index (χ3v) is 5.30. The molecule has 2 aliphatic heterocycles. The number of carboxylic acids is 1. The van der Waals surface area contributed by atoms with Gasteiger partial charge in [0.25, 0.3) is 0 Å². The predicted molar refractivity (Wildman–Crippen MR) is 70.0 cm³/mol. The van der Waals surface area contributed by atoms with Crippen LogP contribution in [0.4, 0.5) is 0 Å². The van der Waals surface area contributed by atoms with Crippen LogP contribution in [0.3, 0.4) is 0 Å². The Morgan fingerprint density at radius 2 is 2.20 bits per heavy atom. The largest absolute Gasteiger partial charge is 0.481 e. The molecule has 0 aromatic carbocycles. The first-order valence-electron chi connectivity index (χ1n) is 7.03. The fourth-order valence-corrected chi connectivity index (χ4v) is 4.04. The van der Waals surface area contributed by atoms with Gasteiger partial charge in [0.2, 0.25) is 0 Å². The Hall–Kier alpha value is -1.20. The molecule has 3 rings (SSSR count). The third-order valence-electron chi connectivity index (χ3n) is 5.30. The Morgan fingerprint density at radius 3 is 2.90 bits per heavy atom. The second-order valence-electron chi connectivity index (χ2n) is 6.70. The van der Waals surface area contributed by atoms with Crippen LogP contribution in [0, 0.1) is 16.7 Å². The van der Waals surface area contributed by atoms with E-state index in [9.17, 15) is 9.59 Å².